The van der Waals surface area contributed by atoms with Gasteiger partial charge in [0.2, 0.25) is 0 Å². The van der Waals surface area contributed by atoms with E-state index in [1.807, 2.05) is 6.92 Å². The van der Waals surface area contributed by atoms with E-state index >= 15 is 0 Å². The van der Waals surface area contributed by atoms with E-state index in [4.69, 9.17) is 14.6 Å². The van der Waals surface area contributed by atoms with E-state index in [0.717, 1.165) is 6.42 Å². The van der Waals surface area contributed by atoms with Crippen LogP contribution in [-0.2, 0) is 14.3 Å². The van der Waals surface area contributed by atoms with Crippen molar-refractivity contribution in [3.63, 3.8) is 0 Å². The van der Waals surface area contributed by atoms with Crippen LogP contribution in [0.25, 0.3) is 0 Å². The molecule has 15 heavy (non-hydrogen) atoms. The molecule has 1 atom stereocenters. The highest BCUT2D eigenvalue weighted by Crippen LogP contribution is 2.02. The van der Waals surface area contributed by atoms with E-state index in [-0.39, 0.29) is 19.3 Å². The van der Waals surface area contributed by atoms with Gasteiger partial charge in [0.1, 0.15) is 6.61 Å². The minimum Gasteiger partial charge on any atom is -0.460 e. The number of carbonyl (C=O) groups excluding carboxylic acids is 1. The van der Waals surface area contributed by atoms with Crippen molar-refractivity contribution in [3.05, 3.63) is 12.2 Å². The standard InChI is InChI=1S/C11H20O4/c1-4-7-14-10(5-6-12)8-15-11(13)9(2)3/h10,12H,2,4-8H2,1,3H3. The molecule has 0 amide bonds. The van der Waals surface area contributed by atoms with E-state index in [1.54, 1.807) is 6.92 Å². The van der Waals surface area contributed by atoms with Gasteiger partial charge in [-0.05, 0) is 19.8 Å². The highest BCUT2D eigenvalue weighted by molar-refractivity contribution is 5.86. The van der Waals surface area contributed by atoms with Crippen LogP contribution < -0.4 is 0 Å². The van der Waals surface area contributed by atoms with Crippen molar-refractivity contribution in [1.29, 1.82) is 0 Å². The summed E-state index contributed by atoms with van der Waals surface area (Å²) in [5.41, 5.74) is 0.369. The number of ether oxygens (including phenoxy) is 2. The van der Waals surface area contributed by atoms with Gasteiger partial charge < -0.3 is 14.6 Å². The molecule has 0 aromatic rings. The molecule has 0 rings (SSSR count). The molecule has 0 fully saturated rings. The highest BCUT2D eigenvalue weighted by atomic mass is 16.6. The van der Waals surface area contributed by atoms with E-state index in [9.17, 15) is 4.79 Å². The second-order valence-corrected chi connectivity index (χ2v) is 3.38. The maximum Gasteiger partial charge on any atom is 0.333 e. The van der Waals surface area contributed by atoms with Gasteiger partial charge in [-0.15, -0.1) is 0 Å². The molecule has 0 saturated heterocycles. The zero-order chi connectivity index (χ0) is 11.7. The fourth-order valence-electron chi connectivity index (χ4n) is 0.935. The van der Waals surface area contributed by atoms with Crippen LogP contribution >= 0.6 is 0 Å². The predicted octanol–water partition coefficient (Wildman–Crippen LogP) is 1.28. The van der Waals surface area contributed by atoms with E-state index in [1.165, 1.54) is 0 Å². The third-order valence-electron chi connectivity index (χ3n) is 1.76. The summed E-state index contributed by atoms with van der Waals surface area (Å²) in [5.74, 6) is -0.418. The number of rotatable bonds is 8. The monoisotopic (exact) mass is 216 g/mol. The number of aliphatic hydroxyl groups excluding tert-OH is 1. The van der Waals surface area contributed by atoms with Crippen molar-refractivity contribution in [2.45, 2.75) is 32.8 Å². The topological polar surface area (TPSA) is 55.8 Å². The highest BCUT2D eigenvalue weighted by Gasteiger charge is 2.11. The summed E-state index contributed by atoms with van der Waals surface area (Å²) in [4.78, 5) is 11.1. The lowest BCUT2D eigenvalue weighted by Crippen LogP contribution is -2.24. The van der Waals surface area contributed by atoms with Gasteiger partial charge in [0.05, 0.1) is 6.10 Å². The smallest absolute Gasteiger partial charge is 0.333 e. The van der Waals surface area contributed by atoms with Crippen LogP contribution in [-0.4, -0.2) is 37.0 Å². The van der Waals surface area contributed by atoms with Crippen LogP contribution in [0.1, 0.15) is 26.7 Å². The molecule has 0 saturated carbocycles. The van der Waals surface area contributed by atoms with E-state index < -0.39 is 5.97 Å². The minimum absolute atomic E-state index is 0.0268. The Labute approximate surface area is 90.9 Å². The zero-order valence-electron chi connectivity index (χ0n) is 9.49. The molecule has 0 radical (unpaired) electrons. The number of aliphatic hydroxyl groups is 1. The van der Waals surface area contributed by atoms with Crippen molar-refractivity contribution in [2.24, 2.45) is 0 Å². The van der Waals surface area contributed by atoms with Gasteiger partial charge in [0.25, 0.3) is 0 Å². The molecule has 0 aromatic heterocycles. The molecule has 0 spiro atoms. The Morgan fingerprint density at radius 3 is 2.67 bits per heavy atom. The maximum atomic E-state index is 11.1. The zero-order valence-corrected chi connectivity index (χ0v) is 9.49. The third kappa shape index (κ3) is 7.11. The van der Waals surface area contributed by atoms with Crippen molar-refractivity contribution in [1.82, 2.24) is 0 Å². The number of hydrogen-bond acceptors (Lipinski definition) is 4. The first kappa shape index (κ1) is 14.1. The minimum atomic E-state index is -0.418. The molecule has 0 bridgehead atoms. The van der Waals surface area contributed by atoms with Gasteiger partial charge in [0, 0.05) is 18.8 Å². The lowest BCUT2D eigenvalue weighted by Gasteiger charge is -2.16. The fourth-order valence-corrected chi connectivity index (χ4v) is 0.935. The van der Waals surface area contributed by atoms with Crippen LogP contribution in [0.2, 0.25) is 0 Å². The van der Waals surface area contributed by atoms with Crippen LogP contribution in [0.15, 0.2) is 12.2 Å². The normalized spacial score (nSPS) is 12.2. The first-order valence-corrected chi connectivity index (χ1v) is 5.16. The molecule has 0 aliphatic heterocycles. The van der Waals surface area contributed by atoms with Crippen molar-refractivity contribution in [2.75, 3.05) is 19.8 Å². The van der Waals surface area contributed by atoms with Gasteiger partial charge in [-0.25, -0.2) is 4.79 Å². The molecule has 0 aliphatic carbocycles. The molecule has 4 heteroatoms. The Balaban J connectivity index is 3.83. The van der Waals surface area contributed by atoms with Gasteiger partial charge in [-0.2, -0.15) is 0 Å². The molecule has 4 nitrogen and oxygen atoms in total. The van der Waals surface area contributed by atoms with Crippen molar-refractivity contribution >= 4 is 5.97 Å². The SMILES string of the molecule is C=C(C)C(=O)OCC(CCO)OCCC. The van der Waals surface area contributed by atoms with Gasteiger partial charge >= 0.3 is 5.97 Å². The lowest BCUT2D eigenvalue weighted by molar-refractivity contribution is -0.143. The van der Waals surface area contributed by atoms with Gasteiger partial charge in [-0.1, -0.05) is 13.5 Å². The second kappa shape index (κ2) is 8.44. The summed E-state index contributed by atoms with van der Waals surface area (Å²) in [5, 5.41) is 8.77. The quantitative estimate of drug-likeness (QED) is 0.490. The summed E-state index contributed by atoms with van der Waals surface area (Å²) >= 11 is 0. The van der Waals surface area contributed by atoms with Crippen LogP contribution in [0.4, 0.5) is 0 Å². The van der Waals surface area contributed by atoms with E-state index in [2.05, 4.69) is 6.58 Å². The summed E-state index contributed by atoms with van der Waals surface area (Å²) in [7, 11) is 0. The molecule has 0 aliphatic rings. The summed E-state index contributed by atoms with van der Waals surface area (Å²) in [6, 6.07) is 0. The number of carbonyl (C=O) groups is 1. The average molecular weight is 216 g/mol. The second-order valence-electron chi connectivity index (χ2n) is 3.38. The third-order valence-corrected chi connectivity index (χ3v) is 1.76. The van der Waals surface area contributed by atoms with Crippen LogP contribution in [0.5, 0.6) is 0 Å². The first-order valence-electron chi connectivity index (χ1n) is 5.16. The molecule has 0 heterocycles. The first-order chi connectivity index (χ1) is 7.11. The van der Waals surface area contributed by atoms with Crippen LogP contribution in [0.3, 0.4) is 0 Å². The summed E-state index contributed by atoms with van der Waals surface area (Å²) < 4.78 is 10.3. The Morgan fingerprint density at radius 1 is 1.53 bits per heavy atom. The van der Waals surface area contributed by atoms with Crippen LogP contribution in [0, 0.1) is 0 Å². The fraction of sp³-hybridized carbons (Fsp3) is 0.727. The molecular formula is C11H20O4. The average Bonchev–Trinajstić information content (AvgIpc) is 2.21. The number of esters is 1. The van der Waals surface area contributed by atoms with Crippen molar-refractivity contribution < 1.29 is 19.4 Å². The number of hydrogen-bond donors (Lipinski definition) is 1. The molecular weight excluding hydrogens is 196 g/mol. The van der Waals surface area contributed by atoms with E-state index in [0.29, 0.717) is 18.6 Å². The largest absolute Gasteiger partial charge is 0.460 e. The Morgan fingerprint density at radius 2 is 2.20 bits per heavy atom. The molecule has 0 aromatic carbocycles. The summed E-state index contributed by atoms with van der Waals surface area (Å²) in [6.45, 7) is 7.87. The Hall–Kier alpha value is -0.870. The molecule has 1 unspecified atom stereocenters. The molecule has 1 N–H and O–H groups in total. The molecule has 88 valence electrons. The Bertz CT molecular complexity index is 201. The van der Waals surface area contributed by atoms with Crippen molar-refractivity contribution in [3.8, 4) is 0 Å². The maximum absolute atomic E-state index is 11.1. The van der Waals surface area contributed by atoms with Gasteiger partial charge in [-0.3, -0.25) is 0 Å². The predicted molar refractivity (Wildman–Crippen MR) is 57.5 cm³/mol. The summed E-state index contributed by atoms with van der Waals surface area (Å²) in [6.07, 6.45) is 1.15. The Kier molecular flexibility index (Phi) is 7.95. The lowest BCUT2D eigenvalue weighted by atomic mass is 10.3. The van der Waals surface area contributed by atoms with Gasteiger partial charge in [0.15, 0.2) is 0 Å².